The largest absolute Gasteiger partial charge is 0.395 e. The van der Waals surface area contributed by atoms with Crippen LogP contribution in [-0.4, -0.2) is 27.9 Å². The van der Waals surface area contributed by atoms with Crippen LogP contribution in [0, 0.1) is 5.92 Å². The third-order valence-corrected chi connectivity index (χ3v) is 5.46. The Labute approximate surface area is 95.8 Å². The van der Waals surface area contributed by atoms with Gasteiger partial charge in [0.05, 0.1) is 6.23 Å². The normalized spacial score (nSPS) is 17.8. The summed E-state index contributed by atoms with van der Waals surface area (Å²) in [4.78, 5) is 0. The van der Waals surface area contributed by atoms with E-state index in [0.29, 0.717) is 5.92 Å². The summed E-state index contributed by atoms with van der Waals surface area (Å²) >= 11 is 0. The summed E-state index contributed by atoms with van der Waals surface area (Å²) in [6.45, 7) is 14.4. The van der Waals surface area contributed by atoms with Gasteiger partial charge in [0.15, 0.2) is 0 Å². The monoisotopic (exact) mass is 233 g/mol. The van der Waals surface area contributed by atoms with Crippen LogP contribution in [0.25, 0.3) is 0 Å². The van der Waals surface area contributed by atoms with Gasteiger partial charge < -0.3 is 8.85 Å². The Morgan fingerprint density at radius 3 is 2.20 bits per heavy atom. The average molecular weight is 233 g/mol. The van der Waals surface area contributed by atoms with Crippen LogP contribution in [0.3, 0.4) is 0 Å². The summed E-state index contributed by atoms with van der Waals surface area (Å²) in [6.07, 6.45) is 0.0944. The highest BCUT2D eigenvalue weighted by Crippen LogP contribution is 2.20. The maximum absolute atomic E-state index is 6.04. The molecule has 0 radical (unpaired) electrons. The smallest absolute Gasteiger partial charge is 0.336 e. The fraction of sp³-hybridized carbons (Fsp3) is 1.00. The number of hydrogen-bond donors (Lipinski definition) is 1. The topological polar surface area (TPSA) is 30.5 Å². The van der Waals surface area contributed by atoms with Gasteiger partial charge >= 0.3 is 8.56 Å². The molecule has 0 saturated heterocycles. The van der Waals surface area contributed by atoms with Crippen molar-refractivity contribution < 1.29 is 8.85 Å². The van der Waals surface area contributed by atoms with Crippen molar-refractivity contribution in [1.82, 2.24) is 5.32 Å². The first-order valence-corrected chi connectivity index (χ1v) is 8.51. The first-order chi connectivity index (χ1) is 6.93. The van der Waals surface area contributed by atoms with Gasteiger partial charge in [-0.1, -0.05) is 20.8 Å². The molecule has 0 bridgehead atoms. The lowest BCUT2D eigenvalue weighted by molar-refractivity contribution is 0.107. The fourth-order valence-electron chi connectivity index (χ4n) is 1.89. The highest BCUT2D eigenvalue weighted by atomic mass is 28.4. The lowest BCUT2D eigenvalue weighted by atomic mass is 10.3. The SMILES string of the molecule is CCN[C@@H](C)O[Si](C)(CC(C)C)OCC. The van der Waals surface area contributed by atoms with Gasteiger partial charge in [-0.25, -0.2) is 0 Å². The summed E-state index contributed by atoms with van der Waals surface area (Å²) in [5.74, 6) is 0.627. The molecule has 3 nitrogen and oxygen atoms in total. The minimum atomic E-state index is -1.98. The Bertz CT molecular complexity index is 167. The van der Waals surface area contributed by atoms with Gasteiger partial charge in [-0.3, -0.25) is 5.32 Å². The minimum absolute atomic E-state index is 0.0944. The zero-order valence-electron chi connectivity index (χ0n) is 11.1. The van der Waals surface area contributed by atoms with Crippen LogP contribution in [0.5, 0.6) is 0 Å². The third-order valence-electron chi connectivity index (χ3n) is 2.15. The van der Waals surface area contributed by atoms with E-state index in [-0.39, 0.29) is 6.23 Å². The molecule has 0 aliphatic carbocycles. The number of hydrogen-bond acceptors (Lipinski definition) is 3. The maximum atomic E-state index is 6.04. The zero-order chi connectivity index (χ0) is 11.9. The molecule has 0 saturated carbocycles. The predicted molar refractivity (Wildman–Crippen MR) is 67.1 cm³/mol. The van der Waals surface area contributed by atoms with Crippen LogP contribution in [0.4, 0.5) is 0 Å². The molecular weight excluding hydrogens is 206 g/mol. The van der Waals surface area contributed by atoms with Crippen LogP contribution in [0.15, 0.2) is 0 Å². The van der Waals surface area contributed by atoms with E-state index in [1.165, 1.54) is 0 Å². The Hall–Kier alpha value is 0.0969. The fourth-order valence-corrected chi connectivity index (χ4v) is 5.10. The average Bonchev–Trinajstić information content (AvgIpc) is 2.01. The van der Waals surface area contributed by atoms with Crippen molar-refractivity contribution in [1.29, 1.82) is 0 Å². The van der Waals surface area contributed by atoms with Crippen LogP contribution in [-0.2, 0) is 8.85 Å². The van der Waals surface area contributed by atoms with E-state index in [9.17, 15) is 0 Å². The molecule has 0 heterocycles. The molecule has 92 valence electrons. The second-order valence-electron chi connectivity index (χ2n) is 4.48. The second-order valence-corrected chi connectivity index (χ2v) is 7.68. The summed E-state index contributed by atoms with van der Waals surface area (Å²) < 4.78 is 11.9. The molecular formula is C11H27NO2Si. The number of rotatable bonds is 8. The van der Waals surface area contributed by atoms with E-state index < -0.39 is 8.56 Å². The quantitative estimate of drug-likeness (QED) is 0.516. The predicted octanol–water partition coefficient (Wildman–Crippen LogP) is 2.72. The van der Waals surface area contributed by atoms with Gasteiger partial charge in [0.1, 0.15) is 0 Å². The van der Waals surface area contributed by atoms with E-state index >= 15 is 0 Å². The number of nitrogens with one attached hydrogen (secondary N) is 1. The third kappa shape index (κ3) is 7.06. The highest BCUT2D eigenvalue weighted by Gasteiger charge is 2.33. The van der Waals surface area contributed by atoms with Crippen molar-refractivity contribution in [3.63, 3.8) is 0 Å². The molecule has 0 aromatic carbocycles. The van der Waals surface area contributed by atoms with Gasteiger partial charge in [0, 0.05) is 6.61 Å². The van der Waals surface area contributed by atoms with Crippen molar-refractivity contribution in [2.24, 2.45) is 5.92 Å². The Balaban J connectivity index is 4.22. The van der Waals surface area contributed by atoms with Gasteiger partial charge in [0.2, 0.25) is 0 Å². The van der Waals surface area contributed by atoms with Crippen molar-refractivity contribution in [3.05, 3.63) is 0 Å². The van der Waals surface area contributed by atoms with E-state index in [1.807, 2.05) is 13.8 Å². The van der Waals surface area contributed by atoms with E-state index in [0.717, 1.165) is 19.2 Å². The molecule has 0 aliphatic rings. The molecule has 0 rings (SSSR count). The molecule has 0 aromatic heterocycles. The van der Waals surface area contributed by atoms with Crippen molar-refractivity contribution >= 4 is 8.56 Å². The molecule has 4 heteroatoms. The molecule has 1 N–H and O–H groups in total. The summed E-state index contributed by atoms with van der Waals surface area (Å²) in [5, 5.41) is 3.27. The van der Waals surface area contributed by atoms with E-state index in [4.69, 9.17) is 8.85 Å². The molecule has 0 aromatic rings. The Morgan fingerprint density at radius 1 is 1.20 bits per heavy atom. The molecule has 0 spiro atoms. The van der Waals surface area contributed by atoms with E-state index in [2.05, 4.69) is 32.6 Å². The van der Waals surface area contributed by atoms with Gasteiger partial charge in [-0.2, -0.15) is 0 Å². The van der Waals surface area contributed by atoms with Gasteiger partial charge in [0.25, 0.3) is 0 Å². The van der Waals surface area contributed by atoms with Crippen LogP contribution in [0.1, 0.15) is 34.6 Å². The molecule has 1 unspecified atom stereocenters. The second kappa shape index (κ2) is 7.38. The lowest BCUT2D eigenvalue weighted by Crippen LogP contribution is -2.46. The van der Waals surface area contributed by atoms with Gasteiger partial charge in [-0.05, 0) is 38.9 Å². The molecule has 0 amide bonds. The first-order valence-electron chi connectivity index (χ1n) is 5.98. The van der Waals surface area contributed by atoms with E-state index in [1.54, 1.807) is 0 Å². The van der Waals surface area contributed by atoms with Crippen LogP contribution < -0.4 is 5.32 Å². The molecule has 15 heavy (non-hydrogen) atoms. The summed E-state index contributed by atoms with van der Waals surface area (Å²) in [7, 11) is -1.98. The van der Waals surface area contributed by atoms with Crippen LogP contribution in [0.2, 0.25) is 12.6 Å². The van der Waals surface area contributed by atoms with Crippen LogP contribution >= 0.6 is 0 Å². The minimum Gasteiger partial charge on any atom is -0.395 e. The Kier molecular flexibility index (Phi) is 7.43. The Morgan fingerprint density at radius 2 is 1.80 bits per heavy atom. The summed E-state index contributed by atoms with van der Waals surface area (Å²) in [6, 6.07) is 1.05. The zero-order valence-corrected chi connectivity index (χ0v) is 12.1. The van der Waals surface area contributed by atoms with Gasteiger partial charge in [-0.15, -0.1) is 0 Å². The highest BCUT2D eigenvalue weighted by molar-refractivity contribution is 6.66. The lowest BCUT2D eigenvalue weighted by Gasteiger charge is -2.31. The maximum Gasteiger partial charge on any atom is 0.336 e. The first kappa shape index (κ1) is 15.1. The molecule has 0 fully saturated rings. The van der Waals surface area contributed by atoms with Crippen molar-refractivity contribution in [2.45, 2.75) is 53.4 Å². The molecule has 2 atom stereocenters. The molecule has 0 aliphatic heterocycles. The summed E-state index contributed by atoms with van der Waals surface area (Å²) in [5.41, 5.74) is 0. The van der Waals surface area contributed by atoms with Crippen molar-refractivity contribution in [3.8, 4) is 0 Å². The standard InChI is InChI=1S/C11H27NO2Si/c1-7-12-11(5)14-15(6,13-8-2)9-10(3)4/h10-12H,7-9H2,1-6H3/t11-,15?/m1/s1. The van der Waals surface area contributed by atoms with Crippen molar-refractivity contribution in [2.75, 3.05) is 13.2 Å².